The lowest BCUT2D eigenvalue weighted by molar-refractivity contribution is -0.147. The highest BCUT2D eigenvalue weighted by molar-refractivity contribution is 5.74. The van der Waals surface area contributed by atoms with Crippen LogP contribution in [0, 0.1) is 17.3 Å². The van der Waals surface area contributed by atoms with Crippen LogP contribution >= 0.6 is 0 Å². The van der Waals surface area contributed by atoms with Crippen LogP contribution in [0.2, 0.25) is 0 Å². The maximum Gasteiger partial charge on any atom is 0.309 e. The number of methoxy groups -OCH3 is 1. The maximum atomic E-state index is 11.6. The zero-order chi connectivity index (χ0) is 10.6. The summed E-state index contributed by atoms with van der Waals surface area (Å²) in [6.07, 6.45) is 3.05. The summed E-state index contributed by atoms with van der Waals surface area (Å²) in [5, 5.41) is 0. The van der Waals surface area contributed by atoms with Gasteiger partial charge in [-0.2, -0.15) is 0 Å². The minimum absolute atomic E-state index is 0.0359. The van der Waals surface area contributed by atoms with Crippen molar-refractivity contribution in [2.75, 3.05) is 7.11 Å². The van der Waals surface area contributed by atoms with E-state index in [2.05, 4.69) is 13.8 Å². The van der Waals surface area contributed by atoms with E-state index in [1.807, 2.05) is 0 Å². The molecule has 2 saturated carbocycles. The molecular weight excluding hydrogens is 178 g/mol. The first-order valence-electron chi connectivity index (χ1n) is 5.32. The van der Waals surface area contributed by atoms with Gasteiger partial charge in [0, 0.05) is 5.54 Å². The Morgan fingerprint density at radius 2 is 2.14 bits per heavy atom. The van der Waals surface area contributed by atoms with Gasteiger partial charge in [0.1, 0.15) is 0 Å². The van der Waals surface area contributed by atoms with Gasteiger partial charge in [-0.1, -0.05) is 20.3 Å². The number of nitrogens with two attached hydrogens (primary N) is 1. The second-order valence-electron chi connectivity index (χ2n) is 5.26. The van der Waals surface area contributed by atoms with Gasteiger partial charge in [-0.05, 0) is 24.2 Å². The first-order chi connectivity index (χ1) is 6.45. The van der Waals surface area contributed by atoms with E-state index in [0.717, 1.165) is 19.3 Å². The number of carbonyl (C=O) groups is 1. The molecule has 2 aliphatic carbocycles. The van der Waals surface area contributed by atoms with Gasteiger partial charge < -0.3 is 10.5 Å². The van der Waals surface area contributed by atoms with Crippen LogP contribution in [0.3, 0.4) is 0 Å². The minimum atomic E-state index is -0.107. The van der Waals surface area contributed by atoms with Crippen LogP contribution in [-0.2, 0) is 9.53 Å². The van der Waals surface area contributed by atoms with Crippen molar-refractivity contribution in [3.63, 3.8) is 0 Å². The van der Waals surface area contributed by atoms with E-state index in [-0.39, 0.29) is 22.8 Å². The topological polar surface area (TPSA) is 52.3 Å². The number of hydrogen-bond donors (Lipinski definition) is 1. The molecule has 0 spiro atoms. The van der Waals surface area contributed by atoms with Gasteiger partial charge in [0.25, 0.3) is 0 Å². The number of fused-ring (bicyclic) bond motifs is 1. The van der Waals surface area contributed by atoms with Crippen molar-refractivity contribution in [1.29, 1.82) is 0 Å². The standard InChI is InChI=1S/C11H19NO2/c1-10(2)8-7(9(13)14-3)5-4-6-11(8,10)12/h7-8H,4-6,12H2,1-3H3. The third-order valence-corrected chi connectivity index (χ3v) is 4.46. The number of carbonyl (C=O) groups excluding carboxylic acids is 1. The lowest BCUT2D eigenvalue weighted by Gasteiger charge is -2.23. The van der Waals surface area contributed by atoms with Crippen LogP contribution in [0.1, 0.15) is 33.1 Å². The number of rotatable bonds is 1. The molecular formula is C11H19NO2. The largest absolute Gasteiger partial charge is 0.469 e. The van der Waals surface area contributed by atoms with Gasteiger partial charge in [0.15, 0.2) is 0 Å². The monoisotopic (exact) mass is 197 g/mol. The lowest BCUT2D eigenvalue weighted by atomic mass is 9.86. The van der Waals surface area contributed by atoms with E-state index in [1.54, 1.807) is 0 Å². The molecule has 3 atom stereocenters. The van der Waals surface area contributed by atoms with Crippen LogP contribution < -0.4 is 5.73 Å². The van der Waals surface area contributed by atoms with Crippen LogP contribution in [-0.4, -0.2) is 18.6 Å². The predicted octanol–water partition coefficient (Wildman–Crippen LogP) is 1.31. The van der Waals surface area contributed by atoms with Gasteiger partial charge in [-0.25, -0.2) is 0 Å². The van der Waals surface area contributed by atoms with E-state index in [9.17, 15) is 4.79 Å². The molecule has 3 heteroatoms. The Morgan fingerprint density at radius 3 is 2.71 bits per heavy atom. The molecule has 2 N–H and O–H groups in total. The molecule has 0 amide bonds. The molecule has 0 aromatic rings. The summed E-state index contributed by atoms with van der Waals surface area (Å²) in [4.78, 5) is 11.6. The Balaban J connectivity index is 2.20. The van der Waals surface area contributed by atoms with Gasteiger partial charge in [-0.15, -0.1) is 0 Å². The molecule has 2 aliphatic rings. The molecule has 0 radical (unpaired) electrons. The fourth-order valence-corrected chi connectivity index (χ4v) is 3.46. The van der Waals surface area contributed by atoms with Crippen molar-refractivity contribution < 1.29 is 9.53 Å². The molecule has 0 heterocycles. The van der Waals surface area contributed by atoms with Gasteiger partial charge in [0.2, 0.25) is 0 Å². The highest BCUT2D eigenvalue weighted by Crippen LogP contribution is 2.68. The first-order valence-corrected chi connectivity index (χ1v) is 5.32. The molecule has 0 aliphatic heterocycles. The molecule has 0 bridgehead atoms. The Kier molecular flexibility index (Phi) is 1.94. The molecule has 80 valence electrons. The Morgan fingerprint density at radius 1 is 1.50 bits per heavy atom. The van der Waals surface area contributed by atoms with E-state index in [1.165, 1.54) is 7.11 Å². The molecule has 0 saturated heterocycles. The Bertz CT molecular complexity index is 274. The lowest BCUT2D eigenvalue weighted by Crippen LogP contribution is -2.35. The molecule has 14 heavy (non-hydrogen) atoms. The fraction of sp³-hybridized carbons (Fsp3) is 0.909. The van der Waals surface area contributed by atoms with E-state index < -0.39 is 0 Å². The summed E-state index contributed by atoms with van der Waals surface area (Å²) in [5.74, 6) is 0.292. The molecule has 3 nitrogen and oxygen atoms in total. The second-order valence-corrected chi connectivity index (χ2v) is 5.26. The molecule has 3 unspecified atom stereocenters. The van der Waals surface area contributed by atoms with Crippen molar-refractivity contribution >= 4 is 5.97 Å². The van der Waals surface area contributed by atoms with Crippen molar-refractivity contribution in [3.05, 3.63) is 0 Å². The van der Waals surface area contributed by atoms with Crippen LogP contribution in [0.15, 0.2) is 0 Å². The third kappa shape index (κ3) is 0.991. The van der Waals surface area contributed by atoms with Crippen LogP contribution in [0.25, 0.3) is 0 Å². The highest BCUT2D eigenvalue weighted by atomic mass is 16.5. The SMILES string of the molecule is COC(=O)C1CCCC2(N)C1C2(C)C. The smallest absolute Gasteiger partial charge is 0.309 e. The summed E-state index contributed by atoms with van der Waals surface area (Å²) in [5.41, 5.74) is 6.31. The second kappa shape index (κ2) is 2.72. The molecule has 0 aromatic carbocycles. The average Bonchev–Trinajstić information content (AvgIpc) is 2.60. The van der Waals surface area contributed by atoms with Gasteiger partial charge >= 0.3 is 5.97 Å². The Labute approximate surface area is 85.0 Å². The quantitative estimate of drug-likeness (QED) is 0.645. The number of esters is 1. The highest BCUT2D eigenvalue weighted by Gasteiger charge is 2.73. The van der Waals surface area contributed by atoms with Crippen molar-refractivity contribution in [3.8, 4) is 0 Å². The van der Waals surface area contributed by atoms with Gasteiger partial charge in [0.05, 0.1) is 13.0 Å². The van der Waals surface area contributed by atoms with Crippen LogP contribution in [0.4, 0.5) is 0 Å². The van der Waals surface area contributed by atoms with Gasteiger partial charge in [-0.3, -0.25) is 4.79 Å². The summed E-state index contributed by atoms with van der Waals surface area (Å²) in [7, 11) is 1.46. The summed E-state index contributed by atoms with van der Waals surface area (Å²) in [6, 6.07) is 0. The van der Waals surface area contributed by atoms with Crippen molar-refractivity contribution in [2.24, 2.45) is 23.0 Å². The van der Waals surface area contributed by atoms with E-state index in [4.69, 9.17) is 10.5 Å². The summed E-state index contributed by atoms with van der Waals surface area (Å²) >= 11 is 0. The van der Waals surface area contributed by atoms with E-state index >= 15 is 0 Å². The molecule has 2 rings (SSSR count). The molecule has 2 fully saturated rings. The average molecular weight is 197 g/mol. The summed E-state index contributed by atoms with van der Waals surface area (Å²) in [6.45, 7) is 4.33. The summed E-state index contributed by atoms with van der Waals surface area (Å²) < 4.78 is 4.83. The van der Waals surface area contributed by atoms with Crippen LogP contribution in [0.5, 0.6) is 0 Å². The van der Waals surface area contributed by atoms with Crippen molar-refractivity contribution in [1.82, 2.24) is 0 Å². The predicted molar refractivity (Wildman–Crippen MR) is 53.5 cm³/mol. The zero-order valence-electron chi connectivity index (χ0n) is 9.17. The maximum absolute atomic E-state index is 11.6. The number of hydrogen-bond acceptors (Lipinski definition) is 3. The normalized spacial score (nSPS) is 44.0. The van der Waals surface area contributed by atoms with E-state index in [0.29, 0.717) is 5.92 Å². The molecule has 0 aromatic heterocycles. The fourth-order valence-electron chi connectivity index (χ4n) is 3.46. The zero-order valence-corrected chi connectivity index (χ0v) is 9.17. The first kappa shape index (κ1) is 9.97. The third-order valence-electron chi connectivity index (χ3n) is 4.46. The van der Waals surface area contributed by atoms with Crippen molar-refractivity contribution in [2.45, 2.75) is 38.6 Å². The Hall–Kier alpha value is -0.570. The minimum Gasteiger partial charge on any atom is -0.469 e. The number of ether oxygens (including phenoxy) is 1.